The van der Waals surface area contributed by atoms with Gasteiger partial charge in [0.25, 0.3) is 0 Å². The second kappa shape index (κ2) is 9.76. The largest absolute Gasteiger partial charge is 0.237 e. The Morgan fingerprint density at radius 2 is 1.40 bits per heavy atom. The molecule has 0 aliphatic heterocycles. The van der Waals surface area contributed by atoms with E-state index in [1.165, 1.54) is 11.1 Å². The molecule has 150 valence electrons. The first kappa shape index (κ1) is 21.1. The quantitative estimate of drug-likeness (QED) is 0.350. The predicted octanol–water partition coefficient (Wildman–Crippen LogP) is 5.93. The van der Waals surface area contributed by atoms with Gasteiger partial charge in [-0.3, -0.25) is 0 Å². The smallest absolute Gasteiger partial charge is 0.211 e. The van der Waals surface area contributed by atoms with Crippen LogP contribution in [-0.2, 0) is 21.7 Å². The zero-order chi connectivity index (χ0) is 21.4. The predicted molar refractivity (Wildman–Crippen MR) is 119 cm³/mol. The maximum absolute atomic E-state index is 11.2. The molecule has 0 saturated carbocycles. The highest BCUT2D eigenvalue weighted by atomic mass is 16.1. The molecule has 30 heavy (non-hydrogen) atoms. The monoisotopic (exact) mass is 396 g/mol. The van der Waals surface area contributed by atoms with Crippen LogP contribution in [-0.4, -0.2) is 12.2 Å². The molecule has 0 N–H and O–H groups in total. The maximum Gasteiger partial charge on any atom is 0.237 e. The van der Waals surface area contributed by atoms with Crippen molar-refractivity contribution in [2.75, 3.05) is 0 Å². The summed E-state index contributed by atoms with van der Waals surface area (Å²) < 4.78 is 0. The molecule has 0 radical (unpaired) electrons. The molecule has 0 atom stereocenters. The van der Waals surface area contributed by atoms with Crippen LogP contribution in [0.25, 0.3) is 11.1 Å². The standard InChI is InChI=1S/C26H24N2O2/c1-20(2)25-17-23(21-9-5-3-6-10-21)14-13-22(25)15-16-26(27-18-29,28-19-30)24-11-7-4-8-12-24/h3-14,17,20H,15-16H2,1-2H3. The zero-order valence-corrected chi connectivity index (χ0v) is 17.2. The third-order valence-electron chi connectivity index (χ3n) is 5.32. The van der Waals surface area contributed by atoms with Crippen molar-refractivity contribution in [1.82, 2.24) is 0 Å². The molecule has 3 rings (SSSR count). The summed E-state index contributed by atoms with van der Waals surface area (Å²) in [5, 5.41) is 0. The van der Waals surface area contributed by atoms with E-state index in [0.29, 0.717) is 24.3 Å². The van der Waals surface area contributed by atoms with Crippen molar-refractivity contribution >= 4 is 12.2 Å². The fraction of sp³-hybridized carbons (Fsp3) is 0.231. The van der Waals surface area contributed by atoms with Crippen LogP contribution in [0.5, 0.6) is 0 Å². The lowest BCUT2D eigenvalue weighted by atomic mass is 9.87. The number of aliphatic imine (C=N–C) groups is 2. The second-order valence-corrected chi connectivity index (χ2v) is 7.52. The van der Waals surface area contributed by atoms with Gasteiger partial charge in [-0.25, -0.2) is 9.59 Å². The van der Waals surface area contributed by atoms with Crippen LogP contribution < -0.4 is 0 Å². The number of isocyanates is 2. The van der Waals surface area contributed by atoms with Crippen LogP contribution in [0.2, 0.25) is 0 Å². The fourth-order valence-corrected chi connectivity index (χ4v) is 3.75. The Labute approximate surface area is 177 Å². The number of hydrogen-bond acceptors (Lipinski definition) is 4. The summed E-state index contributed by atoms with van der Waals surface area (Å²) in [5.74, 6) is 0.318. The molecule has 0 aromatic heterocycles. The summed E-state index contributed by atoms with van der Waals surface area (Å²) in [4.78, 5) is 30.2. The molecule has 4 heteroatoms. The van der Waals surface area contributed by atoms with E-state index in [2.05, 4.69) is 54.2 Å². The average Bonchev–Trinajstić information content (AvgIpc) is 2.79. The van der Waals surface area contributed by atoms with E-state index in [1.807, 2.05) is 48.5 Å². The summed E-state index contributed by atoms with van der Waals surface area (Å²) in [5.41, 5.74) is 4.06. The highest BCUT2D eigenvalue weighted by Gasteiger charge is 2.32. The lowest BCUT2D eigenvalue weighted by Crippen LogP contribution is -2.22. The summed E-state index contributed by atoms with van der Waals surface area (Å²) in [6.07, 6.45) is 4.17. The summed E-state index contributed by atoms with van der Waals surface area (Å²) in [7, 11) is 0. The molecule has 0 aliphatic carbocycles. The molecule has 3 aromatic carbocycles. The summed E-state index contributed by atoms with van der Waals surface area (Å²) >= 11 is 0. The van der Waals surface area contributed by atoms with Gasteiger partial charge in [-0.05, 0) is 34.6 Å². The lowest BCUT2D eigenvalue weighted by molar-refractivity contribution is 0.421. The number of hydrogen-bond donors (Lipinski definition) is 0. The van der Waals surface area contributed by atoms with Crippen molar-refractivity contribution in [1.29, 1.82) is 0 Å². The Kier molecular flexibility index (Phi) is 6.87. The van der Waals surface area contributed by atoms with E-state index >= 15 is 0 Å². The lowest BCUT2D eigenvalue weighted by Gasteiger charge is -2.24. The van der Waals surface area contributed by atoms with Crippen molar-refractivity contribution in [3.63, 3.8) is 0 Å². The molecule has 0 fully saturated rings. The van der Waals surface area contributed by atoms with Gasteiger partial charge in [0.2, 0.25) is 12.2 Å². The van der Waals surface area contributed by atoms with Gasteiger partial charge >= 0.3 is 0 Å². The highest BCUT2D eigenvalue weighted by Crippen LogP contribution is 2.34. The van der Waals surface area contributed by atoms with Gasteiger partial charge < -0.3 is 0 Å². The minimum Gasteiger partial charge on any atom is -0.211 e. The van der Waals surface area contributed by atoms with Crippen molar-refractivity contribution in [2.45, 2.75) is 38.3 Å². The topological polar surface area (TPSA) is 58.9 Å². The third-order valence-corrected chi connectivity index (χ3v) is 5.32. The minimum atomic E-state index is -1.31. The average molecular weight is 396 g/mol. The molecule has 3 aromatic rings. The summed E-state index contributed by atoms with van der Waals surface area (Å²) in [6.45, 7) is 4.32. The molecule has 0 unspecified atom stereocenters. The van der Waals surface area contributed by atoms with Gasteiger partial charge in [0.1, 0.15) is 0 Å². The molecular weight excluding hydrogens is 372 g/mol. The normalized spacial score (nSPS) is 12.5. The first-order chi connectivity index (χ1) is 14.6. The van der Waals surface area contributed by atoms with E-state index in [4.69, 9.17) is 0 Å². The fourth-order valence-electron chi connectivity index (χ4n) is 3.75. The molecule has 0 bridgehead atoms. The molecular formula is C26H24N2O2. The van der Waals surface area contributed by atoms with Gasteiger partial charge in [0.15, 0.2) is 5.66 Å². The number of rotatable bonds is 8. The number of carbonyl (C=O) groups excluding carboxylic acids is 2. The van der Waals surface area contributed by atoms with Crippen LogP contribution >= 0.6 is 0 Å². The Morgan fingerprint density at radius 1 is 0.800 bits per heavy atom. The molecule has 0 amide bonds. The van der Waals surface area contributed by atoms with Gasteiger partial charge in [0, 0.05) is 12.0 Å². The van der Waals surface area contributed by atoms with E-state index < -0.39 is 5.66 Å². The first-order valence-corrected chi connectivity index (χ1v) is 10.0. The van der Waals surface area contributed by atoms with Gasteiger partial charge in [-0.2, -0.15) is 9.98 Å². The van der Waals surface area contributed by atoms with Crippen molar-refractivity contribution in [3.8, 4) is 11.1 Å². The molecule has 0 aliphatic rings. The highest BCUT2D eigenvalue weighted by molar-refractivity contribution is 5.65. The first-order valence-electron chi connectivity index (χ1n) is 10.0. The Balaban J connectivity index is 1.97. The van der Waals surface area contributed by atoms with E-state index in [0.717, 1.165) is 11.1 Å². The molecule has 0 heterocycles. The molecule has 0 spiro atoms. The molecule has 4 nitrogen and oxygen atoms in total. The Hall–Kier alpha value is -3.58. The zero-order valence-electron chi connectivity index (χ0n) is 17.2. The van der Waals surface area contributed by atoms with Crippen molar-refractivity contribution in [2.24, 2.45) is 9.98 Å². The van der Waals surface area contributed by atoms with Gasteiger partial charge in [-0.1, -0.05) is 92.7 Å². The Bertz CT molecular complexity index is 1060. The van der Waals surface area contributed by atoms with E-state index in [-0.39, 0.29) is 0 Å². The van der Waals surface area contributed by atoms with Gasteiger partial charge in [-0.15, -0.1) is 0 Å². The van der Waals surface area contributed by atoms with Crippen LogP contribution in [0.4, 0.5) is 0 Å². The SMILES string of the molecule is CC(C)c1cc(-c2ccccc2)ccc1CCC(N=C=O)(N=C=O)c1ccccc1. The van der Waals surface area contributed by atoms with Crippen LogP contribution in [0.15, 0.2) is 88.8 Å². The summed E-state index contributed by atoms with van der Waals surface area (Å²) in [6, 6.07) is 25.8. The van der Waals surface area contributed by atoms with E-state index in [1.54, 1.807) is 12.2 Å². The van der Waals surface area contributed by atoms with E-state index in [9.17, 15) is 9.59 Å². The number of nitrogens with zero attached hydrogens (tertiary/aromatic N) is 2. The van der Waals surface area contributed by atoms with Crippen LogP contribution in [0.3, 0.4) is 0 Å². The minimum absolute atomic E-state index is 0.318. The maximum atomic E-state index is 11.2. The van der Waals surface area contributed by atoms with Crippen LogP contribution in [0.1, 0.15) is 42.9 Å². The second-order valence-electron chi connectivity index (χ2n) is 7.52. The number of aryl methyl sites for hydroxylation is 1. The van der Waals surface area contributed by atoms with Gasteiger partial charge in [0.05, 0.1) is 0 Å². The Morgan fingerprint density at radius 3 is 1.97 bits per heavy atom. The van der Waals surface area contributed by atoms with Crippen LogP contribution in [0, 0.1) is 0 Å². The van der Waals surface area contributed by atoms with Crippen molar-refractivity contribution in [3.05, 3.63) is 95.6 Å². The molecule has 0 saturated heterocycles. The van der Waals surface area contributed by atoms with Crippen molar-refractivity contribution < 1.29 is 9.59 Å². The third kappa shape index (κ3) is 4.69. The number of benzene rings is 3.